The normalized spacial score (nSPS) is 12.1. The van der Waals surface area contributed by atoms with Gasteiger partial charge in [0.2, 0.25) is 0 Å². The number of nitriles is 1. The molecule has 7 nitrogen and oxygen atoms in total. The molecule has 0 aliphatic carbocycles. The van der Waals surface area contributed by atoms with Crippen LogP contribution in [0.15, 0.2) is 30.6 Å². The third-order valence-corrected chi connectivity index (χ3v) is 5.04. The highest BCUT2D eigenvalue weighted by Gasteiger charge is 2.26. The molecule has 1 N–H and O–H groups in total. The molecular weight excluding hydrogens is 407 g/mol. The number of nitrogens with one attached hydrogen (secondary N) is 1. The van der Waals surface area contributed by atoms with Gasteiger partial charge in [0.25, 0.3) is 5.91 Å². The fourth-order valence-electron chi connectivity index (χ4n) is 3.42. The van der Waals surface area contributed by atoms with Gasteiger partial charge in [-0.3, -0.25) is 9.48 Å². The first-order valence-electron chi connectivity index (χ1n) is 9.48. The van der Waals surface area contributed by atoms with Gasteiger partial charge >= 0.3 is 0 Å². The van der Waals surface area contributed by atoms with Crippen molar-refractivity contribution in [3.05, 3.63) is 58.5 Å². The summed E-state index contributed by atoms with van der Waals surface area (Å²) in [6.07, 6.45) is 3.30. The lowest BCUT2D eigenvalue weighted by Crippen LogP contribution is -2.45. The third kappa shape index (κ3) is 4.36. The average molecular weight is 429 g/mol. The van der Waals surface area contributed by atoms with Crippen LogP contribution in [0.4, 0.5) is 4.39 Å². The van der Waals surface area contributed by atoms with E-state index in [2.05, 4.69) is 15.1 Å². The number of aromatic nitrogens is 4. The number of rotatable bonds is 6. The second-order valence-electron chi connectivity index (χ2n) is 7.39. The van der Waals surface area contributed by atoms with E-state index >= 15 is 0 Å². The summed E-state index contributed by atoms with van der Waals surface area (Å²) in [7, 11) is 0. The Morgan fingerprint density at radius 1 is 1.40 bits per heavy atom. The molecule has 0 unspecified atom stereocenters. The molecule has 0 saturated heterocycles. The summed E-state index contributed by atoms with van der Waals surface area (Å²) in [6.45, 7) is 8.09. The Bertz CT molecular complexity index is 1090. The van der Waals surface area contributed by atoms with Crippen molar-refractivity contribution in [1.29, 1.82) is 5.26 Å². The van der Waals surface area contributed by atoms with Crippen molar-refractivity contribution in [2.24, 2.45) is 0 Å². The standard InChI is InChI=1S/C21H22ClFN6O/c1-12(2)29(21(30)20-10-25-14(4)26-20)13(3)11-28-6-5-19(27-28)15-7-17(22)16(9-24)18(23)8-15/h5-8,10,12-13H,11H2,1-4H3,(H,25,26)/t13-/m0/s1. The lowest BCUT2D eigenvalue weighted by atomic mass is 10.1. The minimum Gasteiger partial charge on any atom is -0.338 e. The number of carbonyl (C=O) groups excluding carboxylic acids is 1. The molecule has 0 radical (unpaired) electrons. The van der Waals surface area contributed by atoms with Crippen LogP contribution in [0, 0.1) is 24.1 Å². The van der Waals surface area contributed by atoms with Crippen molar-refractivity contribution < 1.29 is 9.18 Å². The molecule has 0 spiro atoms. The number of aryl methyl sites for hydroxylation is 1. The summed E-state index contributed by atoms with van der Waals surface area (Å²) in [5.74, 6) is -0.138. The van der Waals surface area contributed by atoms with Crippen LogP contribution in [0.5, 0.6) is 0 Å². The van der Waals surface area contributed by atoms with Gasteiger partial charge < -0.3 is 9.88 Å². The first-order chi connectivity index (χ1) is 14.2. The number of imidazole rings is 1. The van der Waals surface area contributed by atoms with E-state index < -0.39 is 5.82 Å². The largest absolute Gasteiger partial charge is 0.338 e. The zero-order valence-electron chi connectivity index (χ0n) is 17.1. The molecule has 156 valence electrons. The van der Waals surface area contributed by atoms with E-state index in [0.717, 1.165) is 0 Å². The minimum absolute atomic E-state index is 0.0300. The number of halogens is 2. The minimum atomic E-state index is -0.686. The van der Waals surface area contributed by atoms with Gasteiger partial charge in [-0.15, -0.1) is 0 Å². The Morgan fingerprint density at radius 2 is 2.13 bits per heavy atom. The molecule has 1 atom stereocenters. The SMILES string of the molecule is Cc1ncc(C(=O)N(C(C)C)[C@@H](C)Cn2ccc(-c3cc(F)c(C#N)c(Cl)c3)n2)[nH]1. The molecule has 2 heterocycles. The molecule has 0 aliphatic rings. The van der Waals surface area contributed by atoms with E-state index in [1.165, 1.54) is 18.3 Å². The predicted octanol–water partition coefficient (Wildman–Crippen LogP) is 4.19. The molecule has 0 bridgehead atoms. The van der Waals surface area contributed by atoms with Crippen LogP contribution in [0.2, 0.25) is 5.02 Å². The van der Waals surface area contributed by atoms with Gasteiger partial charge in [-0.25, -0.2) is 9.37 Å². The lowest BCUT2D eigenvalue weighted by Gasteiger charge is -2.32. The monoisotopic (exact) mass is 428 g/mol. The fourth-order valence-corrected chi connectivity index (χ4v) is 3.67. The van der Waals surface area contributed by atoms with Gasteiger partial charge in [0, 0.05) is 23.8 Å². The Hall–Kier alpha value is -3.18. The lowest BCUT2D eigenvalue weighted by molar-refractivity contribution is 0.0597. The number of benzene rings is 1. The highest BCUT2D eigenvalue weighted by atomic mass is 35.5. The van der Waals surface area contributed by atoms with Gasteiger partial charge in [0.15, 0.2) is 0 Å². The molecule has 0 saturated carbocycles. The molecule has 1 amide bonds. The van der Waals surface area contributed by atoms with Crippen molar-refractivity contribution in [1.82, 2.24) is 24.6 Å². The number of nitrogens with zero attached hydrogens (tertiary/aromatic N) is 5. The van der Waals surface area contributed by atoms with E-state index in [1.807, 2.05) is 20.8 Å². The number of aromatic amines is 1. The number of H-pyrrole nitrogens is 1. The van der Waals surface area contributed by atoms with E-state index in [1.54, 1.807) is 34.8 Å². The van der Waals surface area contributed by atoms with Crippen LogP contribution >= 0.6 is 11.6 Å². The smallest absolute Gasteiger partial charge is 0.272 e. The highest BCUT2D eigenvalue weighted by molar-refractivity contribution is 6.32. The number of hydrogen-bond acceptors (Lipinski definition) is 4. The van der Waals surface area contributed by atoms with Crippen LogP contribution < -0.4 is 0 Å². The molecule has 0 fully saturated rings. The quantitative estimate of drug-likeness (QED) is 0.637. The van der Waals surface area contributed by atoms with Crippen molar-refractivity contribution in [2.45, 2.75) is 46.3 Å². The average Bonchev–Trinajstić information content (AvgIpc) is 3.30. The maximum absolute atomic E-state index is 14.1. The molecule has 30 heavy (non-hydrogen) atoms. The van der Waals surface area contributed by atoms with Crippen LogP contribution in [0.25, 0.3) is 11.3 Å². The fraction of sp³-hybridized carbons (Fsp3) is 0.333. The van der Waals surface area contributed by atoms with Crippen LogP contribution in [-0.4, -0.2) is 42.6 Å². The molecule has 3 rings (SSSR count). The topological polar surface area (TPSA) is 90.6 Å². The first-order valence-corrected chi connectivity index (χ1v) is 9.86. The summed E-state index contributed by atoms with van der Waals surface area (Å²) >= 11 is 6.00. The third-order valence-electron chi connectivity index (χ3n) is 4.74. The van der Waals surface area contributed by atoms with Crippen molar-refractivity contribution in [3.63, 3.8) is 0 Å². The number of amides is 1. The van der Waals surface area contributed by atoms with Gasteiger partial charge in [-0.05, 0) is 45.9 Å². The summed E-state index contributed by atoms with van der Waals surface area (Å²) in [5, 5.41) is 13.5. The van der Waals surface area contributed by atoms with E-state index in [-0.39, 0.29) is 28.6 Å². The van der Waals surface area contributed by atoms with E-state index in [0.29, 0.717) is 29.3 Å². The summed E-state index contributed by atoms with van der Waals surface area (Å²) in [4.78, 5) is 21.8. The van der Waals surface area contributed by atoms with Crippen LogP contribution in [-0.2, 0) is 6.54 Å². The number of carbonyl (C=O) groups is 1. The van der Waals surface area contributed by atoms with Crippen LogP contribution in [0.3, 0.4) is 0 Å². The molecule has 2 aromatic heterocycles. The molecule has 3 aromatic rings. The van der Waals surface area contributed by atoms with Crippen molar-refractivity contribution >= 4 is 17.5 Å². The first kappa shape index (κ1) is 21.5. The predicted molar refractivity (Wildman–Crippen MR) is 111 cm³/mol. The summed E-state index contributed by atoms with van der Waals surface area (Å²) in [6, 6.07) is 6.06. The van der Waals surface area contributed by atoms with E-state index in [4.69, 9.17) is 16.9 Å². The summed E-state index contributed by atoms with van der Waals surface area (Å²) < 4.78 is 15.8. The maximum Gasteiger partial charge on any atom is 0.272 e. The Labute approximate surface area is 179 Å². The van der Waals surface area contributed by atoms with Gasteiger partial charge in [-0.1, -0.05) is 11.6 Å². The van der Waals surface area contributed by atoms with Crippen molar-refractivity contribution in [3.8, 4) is 17.3 Å². The second-order valence-corrected chi connectivity index (χ2v) is 7.79. The van der Waals surface area contributed by atoms with Gasteiger partial charge in [0.1, 0.15) is 29.0 Å². The Morgan fingerprint density at radius 3 is 2.70 bits per heavy atom. The molecular formula is C21H22ClFN6O. The Kier molecular flexibility index (Phi) is 6.22. The van der Waals surface area contributed by atoms with Gasteiger partial charge in [0.05, 0.1) is 23.5 Å². The zero-order valence-corrected chi connectivity index (χ0v) is 17.9. The van der Waals surface area contributed by atoms with E-state index in [9.17, 15) is 9.18 Å². The number of hydrogen-bond donors (Lipinski definition) is 1. The zero-order chi connectivity index (χ0) is 22.0. The second kappa shape index (κ2) is 8.67. The van der Waals surface area contributed by atoms with Crippen molar-refractivity contribution in [2.75, 3.05) is 0 Å². The molecule has 0 aliphatic heterocycles. The maximum atomic E-state index is 14.1. The highest BCUT2D eigenvalue weighted by Crippen LogP contribution is 2.27. The Balaban J connectivity index is 1.80. The van der Waals surface area contributed by atoms with Gasteiger partial charge in [-0.2, -0.15) is 10.4 Å². The molecule has 9 heteroatoms. The van der Waals surface area contributed by atoms with Crippen LogP contribution in [0.1, 0.15) is 42.6 Å². The summed E-state index contributed by atoms with van der Waals surface area (Å²) in [5.41, 5.74) is 1.26. The molecule has 1 aromatic carbocycles.